The summed E-state index contributed by atoms with van der Waals surface area (Å²) < 4.78 is 56.8. The number of rotatable bonds is 17. The van der Waals surface area contributed by atoms with Crippen molar-refractivity contribution in [3.05, 3.63) is 72.8 Å². The fourth-order valence-electron chi connectivity index (χ4n) is 4.79. The van der Waals surface area contributed by atoms with E-state index in [4.69, 9.17) is 22.5 Å². The van der Waals surface area contributed by atoms with Crippen molar-refractivity contribution >= 4 is 33.9 Å². The first kappa shape index (κ1) is 33.9. The van der Waals surface area contributed by atoms with Crippen LogP contribution in [0.15, 0.2) is 72.8 Å². The summed E-state index contributed by atoms with van der Waals surface area (Å²) in [6.07, 6.45) is 3.83. The van der Waals surface area contributed by atoms with Crippen LogP contribution < -0.4 is 10.4 Å². The lowest BCUT2D eigenvalue weighted by Gasteiger charge is -2.42. The van der Waals surface area contributed by atoms with Gasteiger partial charge in [0, 0.05) is 0 Å². The molecule has 0 aromatic heterocycles. The molecule has 0 N–H and O–H groups in total. The number of allylic oxidation sites excluding steroid dienone is 1. The van der Waals surface area contributed by atoms with Crippen LogP contribution >= 0.6 is 15.2 Å². The van der Waals surface area contributed by atoms with E-state index in [0.717, 1.165) is 0 Å². The van der Waals surface area contributed by atoms with Crippen molar-refractivity contribution in [3.63, 3.8) is 0 Å². The Morgan fingerprint density at radius 2 is 1.08 bits per heavy atom. The molecule has 10 heteroatoms. The van der Waals surface area contributed by atoms with E-state index in [2.05, 4.69) is 45.0 Å². The third-order valence-electron chi connectivity index (χ3n) is 6.29. The molecule has 0 heterocycles. The van der Waals surface area contributed by atoms with Gasteiger partial charge in [-0.15, -0.1) is 0 Å². The molecule has 2 aromatic carbocycles. The molecule has 0 aliphatic rings. The summed E-state index contributed by atoms with van der Waals surface area (Å²) in [5.41, 5.74) is 0. The van der Waals surface area contributed by atoms with Crippen LogP contribution in [0.4, 0.5) is 0 Å². The third kappa shape index (κ3) is 8.34. The van der Waals surface area contributed by atoms with Crippen LogP contribution in [0.3, 0.4) is 0 Å². The molecule has 0 saturated heterocycles. The third-order valence-corrected chi connectivity index (χ3v) is 17.3. The first-order valence-electron chi connectivity index (χ1n) is 13.7. The highest BCUT2D eigenvalue weighted by molar-refractivity contribution is 7.72. The van der Waals surface area contributed by atoms with Gasteiger partial charge in [0.05, 0.1) is 33.0 Å². The van der Waals surface area contributed by atoms with E-state index in [1.54, 1.807) is 27.7 Å². The summed E-state index contributed by atoms with van der Waals surface area (Å²) in [6, 6.07) is 20.8. The van der Waals surface area contributed by atoms with Crippen LogP contribution in [0.5, 0.6) is 0 Å². The van der Waals surface area contributed by atoms with Gasteiger partial charge in [-0.05, 0) is 49.5 Å². The Hall–Kier alpha value is -1.34. The van der Waals surface area contributed by atoms with Gasteiger partial charge in [0.15, 0.2) is 5.40 Å². The summed E-state index contributed by atoms with van der Waals surface area (Å²) in [5.74, 6) is 0. The normalized spacial score (nSPS) is 13.4. The zero-order valence-electron chi connectivity index (χ0n) is 24.5. The molecule has 0 aliphatic heterocycles. The van der Waals surface area contributed by atoms with Gasteiger partial charge >= 0.3 is 15.2 Å². The molecule has 0 radical (unpaired) electrons. The van der Waals surface area contributed by atoms with E-state index < -0.39 is 28.9 Å². The molecular weight excluding hydrogens is 550 g/mol. The van der Waals surface area contributed by atoms with Gasteiger partial charge in [-0.1, -0.05) is 93.6 Å². The Morgan fingerprint density at radius 1 is 0.692 bits per heavy atom. The molecule has 218 valence electrons. The van der Waals surface area contributed by atoms with Crippen LogP contribution in [-0.4, -0.2) is 46.8 Å². The SMILES string of the molecule is CCOP(=O)(OCC)C(CC=CCO[Si](c1ccccc1)(c1ccccc1)C(C)(C)C)P(=O)(OCC)OCC. The van der Waals surface area contributed by atoms with Crippen LogP contribution in [0.25, 0.3) is 0 Å². The van der Waals surface area contributed by atoms with E-state index in [1.807, 2.05) is 48.6 Å². The van der Waals surface area contributed by atoms with Crippen molar-refractivity contribution in [1.29, 1.82) is 0 Å². The second-order valence-electron chi connectivity index (χ2n) is 9.91. The summed E-state index contributed by atoms with van der Waals surface area (Å²) in [5, 5.41) is 1.12. The highest BCUT2D eigenvalue weighted by Crippen LogP contribution is 2.71. The van der Waals surface area contributed by atoms with Crippen LogP contribution in [0.1, 0.15) is 54.9 Å². The number of hydrogen-bond acceptors (Lipinski definition) is 7. The average Bonchev–Trinajstić information content (AvgIpc) is 2.89. The minimum absolute atomic E-state index is 0.124. The molecule has 0 fully saturated rings. The Balaban J connectivity index is 2.42. The molecule has 0 aliphatic carbocycles. The van der Waals surface area contributed by atoms with Gasteiger partial charge in [-0.3, -0.25) is 9.13 Å². The van der Waals surface area contributed by atoms with Gasteiger partial charge in [0.2, 0.25) is 0 Å². The van der Waals surface area contributed by atoms with E-state index in [0.29, 0.717) is 6.61 Å². The van der Waals surface area contributed by atoms with Crippen LogP contribution in [0, 0.1) is 0 Å². The monoisotopic (exact) mass is 596 g/mol. The summed E-state index contributed by atoms with van der Waals surface area (Å²) in [7, 11) is -10.3. The topological polar surface area (TPSA) is 80.3 Å². The fourth-order valence-corrected chi connectivity index (χ4v) is 14.5. The second kappa shape index (κ2) is 15.6. The largest absolute Gasteiger partial charge is 0.404 e. The number of hydrogen-bond donors (Lipinski definition) is 0. The maximum absolute atomic E-state index is 13.8. The zero-order chi connectivity index (χ0) is 29.0. The molecule has 0 atom stereocenters. The first-order chi connectivity index (χ1) is 18.5. The summed E-state index contributed by atoms with van der Waals surface area (Å²) in [6.45, 7) is 14.5. The van der Waals surface area contributed by atoms with Crippen molar-refractivity contribution < 1.29 is 31.7 Å². The first-order valence-corrected chi connectivity index (χ1v) is 18.8. The van der Waals surface area contributed by atoms with E-state index >= 15 is 0 Å². The Morgan fingerprint density at radius 3 is 1.41 bits per heavy atom. The quantitative estimate of drug-likeness (QED) is 0.107. The van der Waals surface area contributed by atoms with Crippen LogP contribution in [0.2, 0.25) is 5.04 Å². The Labute approximate surface area is 236 Å². The van der Waals surface area contributed by atoms with Crippen LogP contribution in [-0.2, 0) is 31.7 Å². The fraction of sp³-hybridized carbons (Fsp3) is 0.517. The maximum Gasteiger partial charge on any atom is 0.346 e. The summed E-state index contributed by atoms with van der Waals surface area (Å²) in [4.78, 5) is 0. The standard InChI is InChI=1S/C29H46O7P2Si/c1-8-32-37(30,33-9-2)28(38(31,34-10-3)35-11-4)24-18-19-25-36-39(29(5,6)7,26-20-14-12-15-21-26)27-22-16-13-17-23-27/h12-23,28H,8-11,24-25H2,1-7H3. The minimum atomic E-state index is -3.81. The van der Waals surface area contributed by atoms with Gasteiger partial charge in [-0.25, -0.2) is 0 Å². The van der Waals surface area contributed by atoms with E-state index in [1.165, 1.54) is 10.4 Å². The summed E-state index contributed by atoms with van der Waals surface area (Å²) >= 11 is 0. The van der Waals surface area contributed by atoms with Gasteiger partial charge in [-0.2, -0.15) is 0 Å². The molecule has 2 rings (SSSR count). The maximum atomic E-state index is 13.8. The molecule has 7 nitrogen and oxygen atoms in total. The van der Waals surface area contributed by atoms with Crippen molar-refractivity contribution in [2.24, 2.45) is 0 Å². The molecule has 0 unspecified atom stereocenters. The molecular formula is C29H46O7P2Si. The second-order valence-corrected chi connectivity index (χ2v) is 19.1. The smallest absolute Gasteiger partial charge is 0.346 e. The molecule has 0 spiro atoms. The lowest BCUT2D eigenvalue weighted by Crippen LogP contribution is -2.66. The highest BCUT2D eigenvalue weighted by atomic mass is 31.2. The van der Waals surface area contributed by atoms with Crippen molar-refractivity contribution in [2.75, 3.05) is 33.0 Å². The minimum Gasteiger partial charge on any atom is -0.404 e. The van der Waals surface area contributed by atoms with Crippen molar-refractivity contribution in [1.82, 2.24) is 0 Å². The van der Waals surface area contributed by atoms with Crippen molar-refractivity contribution in [2.45, 2.75) is 65.3 Å². The Bertz CT molecular complexity index is 1010. The van der Waals surface area contributed by atoms with E-state index in [9.17, 15) is 9.13 Å². The molecule has 39 heavy (non-hydrogen) atoms. The van der Waals surface area contributed by atoms with Gasteiger partial charge < -0.3 is 22.5 Å². The van der Waals surface area contributed by atoms with Gasteiger partial charge in [0.1, 0.15) is 0 Å². The zero-order valence-corrected chi connectivity index (χ0v) is 27.3. The Kier molecular flexibility index (Phi) is 13.5. The number of benzene rings is 2. The van der Waals surface area contributed by atoms with E-state index in [-0.39, 0.29) is 37.9 Å². The molecule has 2 aromatic rings. The van der Waals surface area contributed by atoms with Crippen molar-refractivity contribution in [3.8, 4) is 0 Å². The lowest BCUT2D eigenvalue weighted by atomic mass is 10.2. The lowest BCUT2D eigenvalue weighted by molar-refractivity contribution is 0.195. The molecule has 0 amide bonds. The van der Waals surface area contributed by atoms with Gasteiger partial charge in [0.25, 0.3) is 8.32 Å². The predicted octanol–water partition coefficient (Wildman–Crippen LogP) is 7.37. The average molecular weight is 597 g/mol. The predicted molar refractivity (Wildman–Crippen MR) is 163 cm³/mol. The molecule has 0 bridgehead atoms. The highest BCUT2D eigenvalue weighted by Gasteiger charge is 2.51. The molecule has 0 saturated carbocycles.